The van der Waals surface area contributed by atoms with Gasteiger partial charge in [0.2, 0.25) is 0 Å². The third-order valence-corrected chi connectivity index (χ3v) is 1.05. The van der Waals surface area contributed by atoms with Crippen LogP contribution in [0.15, 0.2) is 0 Å². The van der Waals surface area contributed by atoms with Gasteiger partial charge >= 0.3 is 0 Å². The van der Waals surface area contributed by atoms with E-state index >= 15 is 0 Å². The van der Waals surface area contributed by atoms with Crippen LogP contribution in [0.5, 0.6) is 0 Å². The van der Waals surface area contributed by atoms with Crippen LogP contribution in [0.1, 0.15) is 5.82 Å². The Morgan fingerprint density at radius 1 is 1.75 bits per heavy atom. The van der Waals surface area contributed by atoms with Crippen molar-refractivity contribution in [1.29, 1.82) is 0 Å². The van der Waals surface area contributed by atoms with Gasteiger partial charge in [0.05, 0.1) is 5.88 Å². The topological polar surface area (TPSA) is 43.6 Å². The first-order chi connectivity index (χ1) is 3.83. The first kappa shape index (κ1) is 5.92. The molecule has 1 aromatic rings. The second-order valence-electron chi connectivity index (χ2n) is 1.16. The van der Waals surface area contributed by atoms with E-state index in [9.17, 15) is 0 Å². The van der Waals surface area contributed by atoms with Crippen molar-refractivity contribution in [2.45, 2.75) is 5.88 Å². The van der Waals surface area contributed by atoms with E-state index in [2.05, 4.69) is 24.8 Å². The monoisotopic (exact) mass is 150 g/mol. The molecule has 1 unspecified atom stereocenters. The average molecular weight is 151 g/mol. The van der Waals surface area contributed by atoms with Gasteiger partial charge in [-0.05, 0) is 5.21 Å². The lowest BCUT2D eigenvalue weighted by atomic mass is 10.8. The molecule has 1 rings (SSSR count). The fourth-order valence-corrected chi connectivity index (χ4v) is 0.601. The highest BCUT2D eigenvalue weighted by Crippen LogP contribution is 1.92. The Balaban J connectivity index is 2.84. The number of alkyl halides is 1. The highest BCUT2D eigenvalue weighted by molar-refractivity contribution is 7.14. The summed E-state index contributed by atoms with van der Waals surface area (Å²) in [6.07, 6.45) is 0. The van der Waals surface area contributed by atoms with E-state index in [1.165, 1.54) is 4.57 Å². The minimum Gasteiger partial charge on any atom is -0.151 e. The second kappa shape index (κ2) is 2.37. The number of hydrogen-bond donors (Lipinski definition) is 0. The predicted molar refractivity (Wildman–Crippen MR) is 32.5 cm³/mol. The third kappa shape index (κ3) is 1.14. The Hall–Kier alpha value is -0.210. The summed E-state index contributed by atoms with van der Waals surface area (Å²) < 4.78 is 1.29. The first-order valence-corrected chi connectivity index (χ1v) is 2.98. The minimum atomic E-state index is 0.314. The maximum Gasteiger partial charge on any atom is 0.189 e. The van der Waals surface area contributed by atoms with Crippen LogP contribution in [0, 0.1) is 0 Å². The van der Waals surface area contributed by atoms with E-state index < -0.39 is 0 Å². The van der Waals surface area contributed by atoms with E-state index in [-0.39, 0.29) is 0 Å². The lowest BCUT2D eigenvalue weighted by molar-refractivity contribution is 0.817. The van der Waals surface area contributed by atoms with Crippen LogP contribution in [0.4, 0.5) is 0 Å². The van der Waals surface area contributed by atoms with Gasteiger partial charge in [0.1, 0.15) is 0 Å². The molecular formula is C2H4ClN4P. The summed E-state index contributed by atoms with van der Waals surface area (Å²) in [5.41, 5.74) is 0. The van der Waals surface area contributed by atoms with Crippen molar-refractivity contribution in [3.05, 3.63) is 5.82 Å². The van der Waals surface area contributed by atoms with Gasteiger partial charge in [-0.1, -0.05) is 0 Å². The lowest BCUT2D eigenvalue weighted by Crippen LogP contribution is -1.83. The molecule has 0 saturated carbocycles. The van der Waals surface area contributed by atoms with Gasteiger partial charge in [0.15, 0.2) is 5.82 Å². The molecule has 0 aliphatic heterocycles. The number of aromatic nitrogens is 4. The third-order valence-electron chi connectivity index (χ3n) is 0.589. The van der Waals surface area contributed by atoms with Gasteiger partial charge < -0.3 is 0 Å². The molecule has 0 fully saturated rings. The first-order valence-electron chi connectivity index (χ1n) is 1.93. The molecule has 0 aromatic carbocycles. The van der Waals surface area contributed by atoms with Gasteiger partial charge in [-0.2, -0.15) is 4.57 Å². The molecule has 8 heavy (non-hydrogen) atoms. The normalized spacial score (nSPS) is 9.75. The molecule has 6 heteroatoms. The zero-order chi connectivity index (χ0) is 5.98. The largest absolute Gasteiger partial charge is 0.189 e. The number of nitrogens with zero attached hydrogens (tertiary/aromatic N) is 4. The van der Waals surface area contributed by atoms with Gasteiger partial charge in [-0.3, -0.25) is 0 Å². The summed E-state index contributed by atoms with van der Waals surface area (Å²) in [6.45, 7) is 0. The number of tetrazole rings is 1. The van der Waals surface area contributed by atoms with Crippen molar-refractivity contribution in [3.8, 4) is 0 Å². The van der Waals surface area contributed by atoms with Crippen molar-refractivity contribution in [3.63, 3.8) is 0 Å². The molecule has 0 aliphatic carbocycles. The molecule has 0 saturated heterocycles. The summed E-state index contributed by atoms with van der Waals surface area (Å²) in [5.74, 6) is 0.857. The Morgan fingerprint density at radius 2 is 2.50 bits per heavy atom. The summed E-state index contributed by atoms with van der Waals surface area (Å²) in [4.78, 5) is 0. The number of rotatable bonds is 1. The van der Waals surface area contributed by atoms with Crippen LogP contribution in [0.25, 0.3) is 0 Å². The molecule has 1 aromatic heterocycles. The van der Waals surface area contributed by atoms with Crippen molar-refractivity contribution in [2.75, 3.05) is 0 Å². The molecule has 1 atom stereocenters. The van der Waals surface area contributed by atoms with Crippen LogP contribution in [0.3, 0.4) is 0 Å². The van der Waals surface area contributed by atoms with Crippen molar-refractivity contribution < 1.29 is 0 Å². The standard InChI is InChI=1S/C2H4ClN4P/c3-1-2-4-6-7(8)5-2/h1,8H2. The van der Waals surface area contributed by atoms with E-state index in [1.54, 1.807) is 0 Å². The minimum absolute atomic E-state index is 0.314. The Morgan fingerprint density at radius 3 is 2.75 bits per heavy atom. The zero-order valence-corrected chi connectivity index (χ0v) is 5.86. The number of hydrogen-bond acceptors (Lipinski definition) is 3. The molecule has 0 N–H and O–H groups in total. The van der Waals surface area contributed by atoms with E-state index in [1.807, 2.05) is 0 Å². The second-order valence-corrected chi connectivity index (χ2v) is 1.89. The molecule has 0 bridgehead atoms. The molecule has 0 radical (unpaired) electrons. The maximum absolute atomic E-state index is 5.35. The summed E-state index contributed by atoms with van der Waals surface area (Å²) in [7, 11) is 2.25. The van der Waals surface area contributed by atoms with Crippen LogP contribution in [0.2, 0.25) is 0 Å². The van der Waals surface area contributed by atoms with Crippen LogP contribution < -0.4 is 0 Å². The molecule has 44 valence electrons. The van der Waals surface area contributed by atoms with Crippen LogP contribution in [-0.2, 0) is 5.88 Å². The highest BCUT2D eigenvalue weighted by atomic mass is 35.5. The highest BCUT2D eigenvalue weighted by Gasteiger charge is 1.93. The molecular weight excluding hydrogens is 146 g/mol. The quantitative estimate of drug-likeness (QED) is 0.420. The predicted octanol–water partition coefficient (Wildman–Crippen LogP) is 0.0501. The SMILES string of the molecule is Pn1nnc(CCl)n1. The van der Waals surface area contributed by atoms with Crippen LogP contribution >= 0.6 is 21.0 Å². The Labute approximate surface area is 53.5 Å². The van der Waals surface area contributed by atoms with Gasteiger partial charge in [0.25, 0.3) is 0 Å². The van der Waals surface area contributed by atoms with Crippen molar-refractivity contribution in [2.24, 2.45) is 0 Å². The van der Waals surface area contributed by atoms with E-state index in [0.717, 1.165) is 0 Å². The van der Waals surface area contributed by atoms with Gasteiger partial charge in [-0.15, -0.1) is 21.8 Å². The van der Waals surface area contributed by atoms with Gasteiger partial charge in [-0.25, -0.2) is 0 Å². The summed E-state index contributed by atoms with van der Waals surface area (Å²) in [6, 6.07) is 0. The average Bonchev–Trinajstić information content (AvgIpc) is 2.14. The molecule has 0 amide bonds. The Bertz CT molecular complexity index is 174. The Kier molecular flexibility index (Phi) is 1.76. The lowest BCUT2D eigenvalue weighted by Gasteiger charge is -1.76. The molecule has 1 heterocycles. The fraction of sp³-hybridized carbons (Fsp3) is 0.500. The molecule has 0 aliphatic rings. The number of halogens is 1. The van der Waals surface area contributed by atoms with E-state index in [0.29, 0.717) is 11.7 Å². The summed E-state index contributed by atoms with van der Waals surface area (Å²) >= 11 is 5.35. The molecule has 0 spiro atoms. The summed E-state index contributed by atoms with van der Waals surface area (Å²) in [5, 5.41) is 10.9. The smallest absolute Gasteiger partial charge is 0.151 e. The zero-order valence-electron chi connectivity index (χ0n) is 3.95. The van der Waals surface area contributed by atoms with Gasteiger partial charge in [0, 0.05) is 9.39 Å². The van der Waals surface area contributed by atoms with E-state index in [4.69, 9.17) is 11.6 Å². The van der Waals surface area contributed by atoms with Crippen molar-refractivity contribution in [1.82, 2.24) is 20.0 Å². The fourth-order valence-electron chi connectivity index (χ4n) is 0.309. The van der Waals surface area contributed by atoms with Crippen LogP contribution in [-0.4, -0.2) is 20.0 Å². The maximum atomic E-state index is 5.35. The van der Waals surface area contributed by atoms with Crippen molar-refractivity contribution >= 4 is 21.0 Å². The molecule has 4 nitrogen and oxygen atoms in total.